The average molecular weight is 543 g/mol. The lowest BCUT2D eigenvalue weighted by Gasteiger charge is -1.94. The number of rotatable bonds is 5. The van der Waals surface area contributed by atoms with Gasteiger partial charge in [0.1, 0.15) is 0 Å². The molecule has 0 saturated carbocycles. The van der Waals surface area contributed by atoms with Crippen molar-refractivity contribution in [2.24, 2.45) is 0 Å². The first-order valence-electron chi connectivity index (χ1n) is 7.67. The van der Waals surface area contributed by atoms with Crippen LogP contribution in [-0.2, 0) is 0 Å². The van der Waals surface area contributed by atoms with Crippen molar-refractivity contribution in [3.05, 3.63) is 54.9 Å². The van der Waals surface area contributed by atoms with Gasteiger partial charge in [0.05, 0.1) is 21.0 Å². The summed E-state index contributed by atoms with van der Waals surface area (Å²) in [6, 6.07) is 11.6. The van der Waals surface area contributed by atoms with Crippen LogP contribution in [0.4, 0.5) is 0 Å². The third-order valence-electron chi connectivity index (χ3n) is 2.27. The van der Waals surface area contributed by atoms with Crippen molar-refractivity contribution in [3.63, 3.8) is 0 Å². The maximum absolute atomic E-state index is 10.2. The molecular weight excluding hydrogens is 515 g/mol. The van der Waals surface area contributed by atoms with Crippen LogP contribution in [0.1, 0.15) is 30.9 Å². The highest BCUT2D eigenvalue weighted by molar-refractivity contribution is 14.1. The molecule has 4 nitrogen and oxygen atoms in total. The minimum atomic E-state index is 0. The zero-order chi connectivity index (χ0) is 19.6. The fourth-order valence-electron chi connectivity index (χ4n) is 1.36. The Morgan fingerprint density at radius 2 is 1.56 bits per heavy atom. The second kappa shape index (κ2) is 19.8. The van der Waals surface area contributed by atoms with Gasteiger partial charge in [-0.2, -0.15) is 0 Å². The Hall–Kier alpha value is -0.940. The van der Waals surface area contributed by atoms with E-state index < -0.39 is 0 Å². The number of aliphatic hydroxyl groups excluding tert-OH is 1. The number of thiophene rings is 3. The topological polar surface area (TPSA) is 55.8 Å². The number of hydrogen-bond acceptors (Lipinski definition) is 7. The Labute approximate surface area is 187 Å². The SMILES string of the molecule is C.CCOc1ccc(C=O)s1.CCOc1cccs1.CO.Ic1cccs1. The van der Waals surface area contributed by atoms with E-state index in [-0.39, 0.29) is 7.43 Å². The molecule has 0 aromatic carbocycles. The van der Waals surface area contributed by atoms with E-state index in [1.165, 1.54) is 14.2 Å². The van der Waals surface area contributed by atoms with E-state index >= 15 is 0 Å². The van der Waals surface area contributed by atoms with Crippen molar-refractivity contribution in [1.82, 2.24) is 0 Å². The minimum Gasteiger partial charge on any atom is -0.484 e. The monoisotopic (exact) mass is 542 g/mol. The summed E-state index contributed by atoms with van der Waals surface area (Å²) in [5, 5.41) is 12.9. The van der Waals surface area contributed by atoms with Crippen LogP contribution in [-0.4, -0.2) is 31.7 Å². The number of carbonyl (C=O) groups excluding carboxylic acids is 1. The van der Waals surface area contributed by atoms with Crippen molar-refractivity contribution >= 4 is 62.9 Å². The Morgan fingerprint density at radius 3 is 1.93 bits per heavy atom. The first-order valence-corrected chi connectivity index (χ1v) is 11.3. The van der Waals surface area contributed by atoms with Crippen LogP contribution in [0, 0.1) is 2.88 Å². The van der Waals surface area contributed by atoms with Gasteiger partial charge in [0.15, 0.2) is 16.4 Å². The number of aliphatic hydroxyl groups is 1. The third-order valence-corrected chi connectivity index (χ3v) is 5.75. The summed E-state index contributed by atoms with van der Waals surface area (Å²) in [5.74, 6) is 0. The van der Waals surface area contributed by atoms with Gasteiger partial charge in [-0.05, 0) is 77.5 Å². The summed E-state index contributed by atoms with van der Waals surface area (Å²) in [6.07, 6.45) is 0.827. The molecule has 1 N–H and O–H groups in total. The molecule has 0 fully saturated rings. The molecule has 0 spiro atoms. The maximum atomic E-state index is 10.2. The Balaban J connectivity index is 0. The molecule has 0 atom stereocenters. The van der Waals surface area contributed by atoms with Crippen LogP contribution in [0.25, 0.3) is 0 Å². The molecule has 0 unspecified atom stereocenters. The quantitative estimate of drug-likeness (QED) is 0.288. The first-order chi connectivity index (χ1) is 12.7. The maximum Gasteiger partial charge on any atom is 0.174 e. The smallest absolute Gasteiger partial charge is 0.174 e. The van der Waals surface area contributed by atoms with Crippen molar-refractivity contribution in [3.8, 4) is 10.1 Å². The Bertz CT molecular complexity index is 652. The molecule has 27 heavy (non-hydrogen) atoms. The lowest BCUT2D eigenvalue weighted by molar-refractivity contribution is 0.112. The predicted octanol–water partition coefficient (Wildman–Crippen LogP) is 6.70. The number of aldehydes is 1. The highest BCUT2D eigenvalue weighted by Gasteiger charge is 1.96. The van der Waals surface area contributed by atoms with E-state index in [1.807, 2.05) is 37.4 Å². The van der Waals surface area contributed by atoms with Gasteiger partial charge in [-0.15, -0.1) is 22.7 Å². The van der Waals surface area contributed by atoms with Crippen LogP contribution in [0.5, 0.6) is 10.1 Å². The summed E-state index contributed by atoms with van der Waals surface area (Å²) in [4.78, 5) is 10.9. The molecule has 0 saturated heterocycles. The first kappa shape index (κ1) is 28.3. The lowest BCUT2D eigenvalue weighted by Crippen LogP contribution is -1.86. The van der Waals surface area contributed by atoms with E-state index in [4.69, 9.17) is 14.6 Å². The number of ether oxygens (including phenoxy) is 2. The summed E-state index contributed by atoms with van der Waals surface area (Å²) in [7, 11) is 1.00. The zero-order valence-corrected chi connectivity index (χ0v) is 19.5. The van der Waals surface area contributed by atoms with Gasteiger partial charge in [-0.1, -0.05) is 24.8 Å². The summed E-state index contributed by atoms with van der Waals surface area (Å²) in [5.41, 5.74) is 0. The Kier molecular flexibility index (Phi) is 20.7. The van der Waals surface area contributed by atoms with Crippen molar-refractivity contribution in [2.45, 2.75) is 21.3 Å². The molecule has 3 heterocycles. The molecule has 3 rings (SSSR count). The summed E-state index contributed by atoms with van der Waals surface area (Å²) < 4.78 is 11.7. The fourth-order valence-corrected chi connectivity index (χ4v) is 3.82. The highest BCUT2D eigenvalue weighted by Crippen LogP contribution is 2.22. The van der Waals surface area contributed by atoms with Gasteiger partial charge < -0.3 is 14.6 Å². The molecule has 0 amide bonds. The molecule has 0 aliphatic carbocycles. The number of halogens is 1. The van der Waals surface area contributed by atoms with Crippen LogP contribution in [0.2, 0.25) is 0 Å². The molecule has 0 aliphatic heterocycles. The van der Waals surface area contributed by atoms with E-state index in [1.54, 1.807) is 34.8 Å². The molecule has 0 aliphatic rings. The largest absolute Gasteiger partial charge is 0.484 e. The van der Waals surface area contributed by atoms with Crippen LogP contribution >= 0.6 is 56.6 Å². The minimum absolute atomic E-state index is 0. The van der Waals surface area contributed by atoms with Crippen LogP contribution in [0.15, 0.2) is 47.2 Å². The fraction of sp³-hybridized carbons (Fsp3) is 0.316. The molecule has 0 bridgehead atoms. The standard InChI is InChI=1S/C7H8O2S.C6H8OS.C4H3IS.CH4O.CH4/c1-2-9-7-4-3-6(5-8)10-7;1-2-7-6-4-3-5-8-6;5-4-2-1-3-6-4;1-2;/h3-5H,2H2,1H3;3-5H,2H2,1H3;1-3H;2H,1H3;1H4. The molecule has 152 valence electrons. The third kappa shape index (κ3) is 14.7. The molecule has 3 aromatic rings. The van der Waals surface area contributed by atoms with E-state index in [0.717, 1.165) is 30.1 Å². The van der Waals surface area contributed by atoms with Crippen LogP contribution in [0.3, 0.4) is 0 Å². The molecular formula is C19H27IO4S3. The zero-order valence-electron chi connectivity index (χ0n) is 14.9. The van der Waals surface area contributed by atoms with E-state index in [9.17, 15) is 4.79 Å². The second-order valence-electron chi connectivity index (χ2n) is 3.99. The van der Waals surface area contributed by atoms with Crippen molar-refractivity contribution in [2.75, 3.05) is 20.3 Å². The van der Waals surface area contributed by atoms with E-state index in [0.29, 0.717) is 11.5 Å². The van der Waals surface area contributed by atoms with Gasteiger partial charge >= 0.3 is 0 Å². The number of hydrogen-bond donors (Lipinski definition) is 1. The summed E-state index contributed by atoms with van der Waals surface area (Å²) >= 11 is 7.05. The van der Waals surface area contributed by atoms with Crippen molar-refractivity contribution < 1.29 is 19.4 Å². The van der Waals surface area contributed by atoms with Crippen LogP contribution < -0.4 is 9.47 Å². The molecule has 3 aromatic heterocycles. The van der Waals surface area contributed by atoms with Gasteiger partial charge in [0.25, 0.3) is 0 Å². The predicted molar refractivity (Wildman–Crippen MR) is 128 cm³/mol. The number of carbonyl (C=O) groups is 1. The van der Waals surface area contributed by atoms with Gasteiger partial charge in [-0.25, -0.2) is 0 Å². The highest BCUT2D eigenvalue weighted by atomic mass is 127. The molecule has 8 heteroatoms. The van der Waals surface area contributed by atoms with Gasteiger partial charge in [0, 0.05) is 7.11 Å². The van der Waals surface area contributed by atoms with Gasteiger partial charge in [0.2, 0.25) is 0 Å². The lowest BCUT2D eigenvalue weighted by atomic mass is 10.5. The van der Waals surface area contributed by atoms with E-state index in [2.05, 4.69) is 34.0 Å². The van der Waals surface area contributed by atoms with Gasteiger partial charge in [-0.3, -0.25) is 4.79 Å². The average Bonchev–Trinajstić information content (AvgIpc) is 3.42. The molecule has 0 radical (unpaired) electrons. The Morgan fingerprint density at radius 1 is 0.963 bits per heavy atom. The second-order valence-corrected chi connectivity index (χ2v) is 8.82. The summed E-state index contributed by atoms with van der Waals surface area (Å²) in [6.45, 7) is 5.32. The normalized spacial score (nSPS) is 8.33. The van der Waals surface area contributed by atoms with Crippen molar-refractivity contribution in [1.29, 1.82) is 0 Å².